The fourth-order valence-corrected chi connectivity index (χ4v) is 3.99. The van der Waals surface area contributed by atoms with Crippen molar-refractivity contribution in [3.63, 3.8) is 0 Å². The largest absolute Gasteiger partial charge is 0.573 e. The van der Waals surface area contributed by atoms with Crippen LogP contribution in [0.25, 0.3) is 15.3 Å². The van der Waals surface area contributed by atoms with Crippen molar-refractivity contribution >= 4 is 33.0 Å². The van der Waals surface area contributed by atoms with E-state index < -0.39 is 12.1 Å². The molecular formula is C20H15F3N4O2S. The predicted octanol–water partition coefficient (Wildman–Crippen LogP) is 5.12. The van der Waals surface area contributed by atoms with E-state index in [2.05, 4.69) is 19.8 Å². The van der Waals surface area contributed by atoms with Gasteiger partial charge in [-0.25, -0.2) is 9.98 Å². The molecule has 0 amide bonds. The van der Waals surface area contributed by atoms with E-state index in [1.807, 2.05) is 24.3 Å². The van der Waals surface area contributed by atoms with E-state index in [4.69, 9.17) is 0 Å². The van der Waals surface area contributed by atoms with Crippen LogP contribution in [0.15, 0.2) is 58.3 Å². The lowest BCUT2D eigenvalue weighted by Gasteiger charge is -2.11. The maximum atomic E-state index is 13.0. The van der Waals surface area contributed by atoms with Crippen LogP contribution in [0.2, 0.25) is 0 Å². The number of rotatable bonds is 4. The Bertz CT molecular complexity index is 1280. The zero-order valence-electron chi connectivity index (χ0n) is 15.8. The number of benzene rings is 2. The summed E-state index contributed by atoms with van der Waals surface area (Å²) in [6, 6.07) is 13.0. The Balaban J connectivity index is 1.76. The average molecular weight is 432 g/mol. The number of alkyl halides is 3. The Morgan fingerprint density at radius 3 is 2.60 bits per heavy atom. The van der Waals surface area contributed by atoms with Gasteiger partial charge in [0.05, 0.1) is 21.5 Å². The lowest BCUT2D eigenvalue weighted by atomic mass is 10.1. The summed E-state index contributed by atoms with van der Waals surface area (Å²) in [7, 11) is 0. The third-order valence-corrected chi connectivity index (χ3v) is 5.31. The maximum Gasteiger partial charge on any atom is 0.573 e. The number of aryl methyl sites for hydroxylation is 1. The number of para-hydroxylation sites is 3. The maximum absolute atomic E-state index is 13.0. The highest BCUT2D eigenvalue weighted by Crippen LogP contribution is 2.32. The Morgan fingerprint density at radius 2 is 1.87 bits per heavy atom. The summed E-state index contributed by atoms with van der Waals surface area (Å²) in [5.41, 5.74) is 1.39. The molecule has 154 valence electrons. The minimum atomic E-state index is -4.84. The molecule has 30 heavy (non-hydrogen) atoms. The molecule has 1 N–H and O–H groups in total. The van der Waals surface area contributed by atoms with Crippen molar-refractivity contribution < 1.29 is 17.9 Å². The molecule has 0 saturated carbocycles. The van der Waals surface area contributed by atoms with Crippen LogP contribution < -0.4 is 10.3 Å². The van der Waals surface area contributed by atoms with E-state index in [-0.39, 0.29) is 22.5 Å². The normalized spacial score (nSPS) is 12.5. The molecule has 0 aliphatic carbocycles. The van der Waals surface area contributed by atoms with Gasteiger partial charge in [-0.05, 0) is 38.1 Å². The molecule has 0 fully saturated rings. The van der Waals surface area contributed by atoms with Gasteiger partial charge in [-0.3, -0.25) is 9.89 Å². The SMILES string of the molecule is CC(=Nc1ccccc1OC(F)(F)F)c1c(C)[nH]n(-c2nc3ccccc3s2)c1=O. The molecule has 0 unspecified atom stereocenters. The molecule has 0 atom stereocenters. The molecule has 0 saturated heterocycles. The zero-order chi connectivity index (χ0) is 21.5. The van der Waals surface area contributed by atoms with Crippen molar-refractivity contribution in [1.82, 2.24) is 14.8 Å². The predicted molar refractivity (Wildman–Crippen MR) is 109 cm³/mol. The summed E-state index contributed by atoms with van der Waals surface area (Å²) in [4.78, 5) is 21.7. The van der Waals surface area contributed by atoms with E-state index >= 15 is 0 Å². The Labute approximate surface area is 172 Å². The van der Waals surface area contributed by atoms with Gasteiger partial charge in [-0.1, -0.05) is 35.6 Å². The average Bonchev–Trinajstić information content (AvgIpc) is 3.22. The van der Waals surface area contributed by atoms with E-state index in [1.165, 1.54) is 34.2 Å². The number of hydrogen-bond donors (Lipinski definition) is 1. The number of halogens is 3. The van der Waals surface area contributed by atoms with Gasteiger partial charge in [0.25, 0.3) is 5.56 Å². The van der Waals surface area contributed by atoms with E-state index in [1.54, 1.807) is 19.9 Å². The van der Waals surface area contributed by atoms with E-state index in [0.717, 1.165) is 10.2 Å². The van der Waals surface area contributed by atoms with Crippen LogP contribution in [-0.4, -0.2) is 26.8 Å². The number of fused-ring (bicyclic) bond motifs is 1. The topological polar surface area (TPSA) is 72.3 Å². The van der Waals surface area contributed by atoms with Gasteiger partial charge < -0.3 is 4.74 Å². The minimum absolute atomic E-state index is 0.0288. The Hall–Kier alpha value is -3.40. The molecular weight excluding hydrogens is 417 g/mol. The van der Waals surface area contributed by atoms with Gasteiger partial charge in [0, 0.05) is 5.69 Å². The van der Waals surface area contributed by atoms with Crippen LogP contribution in [0.3, 0.4) is 0 Å². The number of ether oxygens (including phenoxy) is 1. The lowest BCUT2D eigenvalue weighted by molar-refractivity contribution is -0.274. The fourth-order valence-electron chi connectivity index (χ4n) is 3.06. The van der Waals surface area contributed by atoms with Gasteiger partial charge in [0.2, 0.25) is 5.13 Å². The third-order valence-electron chi connectivity index (χ3n) is 4.29. The first kappa shape index (κ1) is 19.9. The molecule has 2 aromatic heterocycles. The summed E-state index contributed by atoms with van der Waals surface area (Å²) < 4.78 is 44.2. The molecule has 2 aromatic carbocycles. The van der Waals surface area contributed by atoms with Crippen LogP contribution >= 0.6 is 11.3 Å². The number of nitrogens with zero attached hydrogens (tertiary/aromatic N) is 3. The monoisotopic (exact) mass is 432 g/mol. The molecule has 0 spiro atoms. The Kier molecular flexibility index (Phi) is 4.94. The van der Waals surface area contributed by atoms with Crippen LogP contribution in [-0.2, 0) is 0 Å². The molecule has 4 rings (SSSR count). The fraction of sp³-hybridized carbons (Fsp3) is 0.150. The highest BCUT2D eigenvalue weighted by atomic mass is 32.1. The first-order valence-corrected chi connectivity index (χ1v) is 9.62. The second-order valence-electron chi connectivity index (χ2n) is 6.43. The van der Waals surface area contributed by atoms with Crippen molar-refractivity contribution in [3.05, 3.63) is 70.1 Å². The van der Waals surface area contributed by atoms with Crippen LogP contribution in [0.5, 0.6) is 5.75 Å². The Morgan fingerprint density at radius 1 is 1.17 bits per heavy atom. The number of thiazole rings is 1. The third kappa shape index (κ3) is 3.86. The molecule has 4 aromatic rings. The summed E-state index contributed by atoms with van der Waals surface area (Å²) in [6.45, 7) is 3.25. The van der Waals surface area contributed by atoms with Crippen molar-refractivity contribution in [1.29, 1.82) is 0 Å². The van der Waals surface area contributed by atoms with Gasteiger partial charge in [-0.2, -0.15) is 4.68 Å². The number of hydrogen-bond acceptors (Lipinski definition) is 5. The summed E-state index contributed by atoms with van der Waals surface area (Å²) in [5, 5.41) is 3.43. The summed E-state index contributed by atoms with van der Waals surface area (Å²) in [6.07, 6.45) is -4.84. The quantitative estimate of drug-likeness (QED) is 0.455. The molecule has 0 bridgehead atoms. The van der Waals surface area contributed by atoms with Crippen molar-refractivity contribution in [2.45, 2.75) is 20.2 Å². The molecule has 0 radical (unpaired) electrons. The molecule has 2 heterocycles. The first-order chi connectivity index (χ1) is 14.2. The highest BCUT2D eigenvalue weighted by Gasteiger charge is 2.32. The van der Waals surface area contributed by atoms with Gasteiger partial charge in [0.15, 0.2) is 5.75 Å². The highest BCUT2D eigenvalue weighted by molar-refractivity contribution is 7.20. The molecule has 0 aliphatic rings. The minimum Gasteiger partial charge on any atom is -0.403 e. The van der Waals surface area contributed by atoms with Crippen molar-refractivity contribution in [2.75, 3.05) is 0 Å². The molecule has 6 nitrogen and oxygen atoms in total. The van der Waals surface area contributed by atoms with Crippen molar-refractivity contribution in [2.24, 2.45) is 4.99 Å². The summed E-state index contributed by atoms with van der Waals surface area (Å²) in [5.74, 6) is -0.441. The smallest absolute Gasteiger partial charge is 0.403 e. The van der Waals surface area contributed by atoms with Crippen molar-refractivity contribution in [3.8, 4) is 10.9 Å². The first-order valence-electron chi connectivity index (χ1n) is 8.81. The lowest BCUT2D eigenvalue weighted by Crippen LogP contribution is -2.19. The zero-order valence-corrected chi connectivity index (χ0v) is 16.6. The van der Waals surface area contributed by atoms with Crippen LogP contribution in [0, 0.1) is 6.92 Å². The second kappa shape index (κ2) is 7.45. The van der Waals surface area contributed by atoms with E-state index in [0.29, 0.717) is 10.8 Å². The number of aromatic nitrogens is 3. The standard InChI is InChI=1S/C20H15F3N4O2S/c1-11(24-13-7-3-5-9-15(13)29-20(21,22)23)17-12(2)26-27(18(17)28)19-25-14-8-4-6-10-16(14)30-19/h3-10,26H,1-2H3. The number of H-pyrrole nitrogens is 1. The summed E-state index contributed by atoms with van der Waals surface area (Å²) >= 11 is 1.35. The van der Waals surface area contributed by atoms with Gasteiger partial charge in [-0.15, -0.1) is 13.2 Å². The van der Waals surface area contributed by atoms with Crippen LogP contribution in [0.1, 0.15) is 18.2 Å². The number of aliphatic imine (C=N–C) groups is 1. The molecule has 0 aliphatic heterocycles. The van der Waals surface area contributed by atoms with Crippen LogP contribution in [0.4, 0.5) is 18.9 Å². The number of nitrogens with one attached hydrogen (secondary N) is 1. The van der Waals surface area contributed by atoms with Gasteiger partial charge >= 0.3 is 6.36 Å². The number of aromatic amines is 1. The van der Waals surface area contributed by atoms with E-state index in [9.17, 15) is 18.0 Å². The molecule has 10 heteroatoms. The van der Waals surface area contributed by atoms with Gasteiger partial charge in [0.1, 0.15) is 5.69 Å². The second-order valence-corrected chi connectivity index (χ2v) is 7.44.